The zero-order chi connectivity index (χ0) is 13.5. The number of nitrogens with one attached hydrogen (secondary N) is 1. The number of rotatable bonds is 3. The van der Waals surface area contributed by atoms with Crippen LogP contribution in [0.4, 0.5) is 4.39 Å². The summed E-state index contributed by atoms with van der Waals surface area (Å²) in [5.74, 6) is -0.191. The maximum Gasteiger partial charge on any atom is 0.305 e. The van der Waals surface area contributed by atoms with Crippen LogP contribution in [0.2, 0.25) is 5.02 Å². The largest absolute Gasteiger partial charge is 0.469 e. The van der Waals surface area contributed by atoms with Gasteiger partial charge in [0.25, 0.3) is 0 Å². The number of carbonyl (C=O) groups is 1. The van der Waals surface area contributed by atoms with Crippen LogP contribution in [-0.4, -0.2) is 25.2 Å². The van der Waals surface area contributed by atoms with Crippen LogP contribution in [0, 0.1) is 0 Å². The third-order valence-electron chi connectivity index (χ3n) is 2.56. The third-order valence-corrected chi connectivity index (χ3v) is 2.79. The molecule has 98 valence electrons. The highest BCUT2D eigenvalue weighted by atomic mass is 35.5. The molecule has 0 saturated heterocycles. The van der Waals surface area contributed by atoms with Crippen molar-refractivity contribution in [2.24, 2.45) is 0 Å². The zero-order valence-corrected chi connectivity index (χ0v) is 11.1. The van der Waals surface area contributed by atoms with Gasteiger partial charge < -0.3 is 9.72 Å². The molecule has 0 spiro atoms. The van der Waals surface area contributed by atoms with E-state index in [1.807, 2.05) is 24.4 Å². The normalized spacial score (nSPS) is 9.78. The summed E-state index contributed by atoms with van der Waals surface area (Å²) in [5.41, 5.74) is 2.10. The number of carbonyl (C=O) groups excluding carboxylic acids is 1. The molecule has 0 radical (unpaired) electrons. The monoisotopic (exact) mass is 271 g/mol. The van der Waals surface area contributed by atoms with E-state index in [9.17, 15) is 9.18 Å². The number of H-pyrrole nitrogens is 1. The van der Waals surface area contributed by atoms with Crippen LogP contribution in [0.5, 0.6) is 0 Å². The van der Waals surface area contributed by atoms with Crippen LogP contribution >= 0.6 is 11.6 Å². The number of benzene rings is 1. The Morgan fingerprint density at radius 1 is 1.44 bits per heavy atom. The van der Waals surface area contributed by atoms with Crippen molar-refractivity contribution in [2.45, 2.75) is 12.8 Å². The first kappa shape index (κ1) is 14.5. The van der Waals surface area contributed by atoms with E-state index in [1.165, 1.54) is 7.11 Å². The van der Waals surface area contributed by atoms with E-state index >= 15 is 0 Å². The van der Waals surface area contributed by atoms with E-state index in [1.54, 1.807) is 0 Å². The number of aryl methyl sites for hydroxylation is 1. The third kappa shape index (κ3) is 3.47. The standard InChI is InChI=1S/C12H12ClNO2.CH3F/c1-16-12(15)5-2-8-7-14-11-6-9(13)3-4-10(8)11;1-2/h3-4,6-7,14H,2,5H2,1H3;1H3. The fourth-order valence-electron chi connectivity index (χ4n) is 1.70. The van der Waals surface area contributed by atoms with Crippen LogP contribution in [0.1, 0.15) is 12.0 Å². The average molecular weight is 272 g/mol. The molecule has 1 aromatic heterocycles. The first-order valence-corrected chi connectivity index (χ1v) is 5.78. The molecule has 0 unspecified atom stereocenters. The lowest BCUT2D eigenvalue weighted by atomic mass is 10.1. The highest BCUT2D eigenvalue weighted by Crippen LogP contribution is 2.22. The molecule has 0 amide bonds. The number of methoxy groups -OCH3 is 1. The number of aromatic amines is 1. The smallest absolute Gasteiger partial charge is 0.305 e. The topological polar surface area (TPSA) is 42.1 Å². The van der Waals surface area contributed by atoms with Crippen molar-refractivity contribution in [2.75, 3.05) is 14.3 Å². The molecule has 0 bridgehead atoms. The van der Waals surface area contributed by atoms with Crippen LogP contribution in [-0.2, 0) is 16.0 Å². The fourth-order valence-corrected chi connectivity index (χ4v) is 1.88. The van der Waals surface area contributed by atoms with Crippen LogP contribution in [0.3, 0.4) is 0 Å². The minimum absolute atomic E-state index is 0.191. The molecule has 5 heteroatoms. The summed E-state index contributed by atoms with van der Waals surface area (Å²) >= 11 is 5.88. The molecule has 2 aromatic rings. The van der Waals surface area contributed by atoms with E-state index in [2.05, 4.69) is 9.72 Å². The number of alkyl halides is 1. The predicted molar refractivity (Wildman–Crippen MR) is 70.7 cm³/mol. The Morgan fingerprint density at radius 2 is 2.17 bits per heavy atom. The lowest BCUT2D eigenvalue weighted by molar-refractivity contribution is -0.140. The van der Waals surface area contributed by atoms with Crippen LogP contribution in [0.25, 0.3) is 10.9 Å². The van der Waals surface area contributed by atoms with Crippen LogP contribution in [0.15, 0.2) is 24.4 Å². The minimum Gasteiger partial charge on any atom is -0.469 e. The molecule has 0 atom stereocenters. The molecule has 1 N–H and O–H groups in total. The molecule has 0 saturated carbocycles. The van der Waals surface area contributed by atoms with Gasteiger partial charge in [-0.2, -0.15) is 0 Å². The summed E-state index contributed by atoms with van der Waals surface area (Å²) < 4.78 is 14.1. The molecule has 3 nitrogen and oxygen atoms in total. The summed E-state index contributed by atoms with van der Waals surface area (Å²) in [7, 11) is 1.90. The predicted octanol–water partition coefficient (Wildman–Crippen LogP) is 3.51. The van der Waals surface area contributed by atoms with E-state index in [0.29, 0.717) is 25.0 Å². The first-order chi connectivity index (χ1) is 8.70. The summed E-state index contributed by atoms with van der Waals surface area (Å²) in [4.78, 5) is 14.2. The summed E-state index contributed by atoms with van der Waals surface area (Å²) in [5, 5.41) is 1.81. The van der Waals surface area contributed by atoms with Crippen molar-refractivity contribution in [3.63, 3.8) is 0 Å². The Labute approximate surface area is 110 Å². The first-order valence-electron chi connectivity index (χ1n) is 5.41. The SMILES string of the molecule is CF.COC(=O)CCc1c[nH]c2cc(Cl)ccc12. The fraction of sp³-hybridized carbons (Fsp3) is 0.308. The molecule has 1 aromatic carbocycles. The van der Waals surface area contributed by atoms with Crippen LogP contribution < -0.4 is 0 Å². The average Bonchev–Trinajstić information content (AvgIpc) is 2.80. The summed E-state index contributed by atoms with van der Waals surface area (Å²) in [6.07, 6.45) is 2.98. The lowest BCUT2D eigenvalue weighted by Crippen LogP contribution is -2.01. The van der Waals surface area contributed by atoms with Gasteiger partial charge in [0.15, 0.2) is 0 Å². The van der Waals surface area contributed by atoms with E-state index in [-0.39, 0.29) is 5.97 Å². The lowest BCUT2D eigenvalue weighted by Gasteiger charge is -1.99. The number of aromatic nitrogens is 1. The van der Waals surface area contributed by atoms with E-state index in [0.717, 1.165) is 16.5 Å². The van der Waals surface area contributed by atoms with Gasteiger partial charge in [0, 0.05) is 28.5 Å². The number of ether oxygens (including phenoxy) is 1. The molecule has 0 aliphatic carbocycles. The summed E-state index contributed by atoms with van der Waals surface area (Å²) in [6.45, 7) is 0. The van der Waals surface area contributed by atoms with Gasteiger partial charge in [0.1, 0.15) is 0 Å². The Balaban J connectivity index is 0.000000771. The van der Waals surface area contributed by atoms with Crippen molar-refractivity contribution < 1.29 is 13.9 Å². The Morgan fingerprint density at radius 3 is 2.83 bits per heavy atom. The van der Waals surface area contributed by atoms with Gasteiger partial charge in [0.2, 0.25) is 0 Å². The molecule has 1 heterocycles. The maximum atomic E-state index is 11.0. The van der Waals surface area contributed by atoms with Crippen molar-refractivity contribution in [1.29, 1.82) is 0 Å². The second-order valence-corrected chi connectivity index (χ2v) is 4.02. The maximum absolute atomic E-state index is 11.0. The number of hydrogen-bond acceptors (Lipinski definition) is 2. The molecule has 18 heavy (non-hydrogen) atoms. The van der Waals surface area contributed by atoms with E-state index < -0.39 is 0 Å². The van der Waals surface area contributed by atoms with Gasteiger partial charge in [-0.05, 0) is 24.1 Å². The molecule has 2 rings (SSSR count). The number of fused-ring (bicyclic) bond motifs is 1. The summed E-state index contributed by atoms with van der Waals surface area (Å²) in [6, 6.07) is 5.68. The Kier molecular flexibility index (Phi) is 5.65. The van der Waals surface area contributed by atoms with Crippen molar-refractivity contribution in [3.8, 4) is 0 Å². The van der Waals surface area contributed by atoms with Crippen molar-refractivity contribution >= 4 is 28.5 Å². The van der Waals surface area contributed by atoms with E-state index in [4.69, 9.17) is 11.6 Å². The molecular weight excluding hydrogens is 257 g/mol. The second-order valence-electron chi connectivity index (χ2n) is 3.58. The highest BCUT2D eigenvalue weighted by Gasteiger charge is 2.06. The van der Waals surface area contributed by atoms with Gasteiger partial charge in [0.05, 0.1) is 14.3 Å². The molecule has 0 fully saturated rings. The number of hydrogen-bond donors (Lipinski definition) is 1. The minimum atomic E-state index is -0.191. The molecule has 0 aliphatic rings. The Bertz CT molecular complexity index is 525. The highest BCUT2D eigenvalue weighted by molar-refractivity contribution is 6.31. The number of esters is 1. The van der Waals surface area contributed by atoms with Gasteiger partial charge in [-0.1, -0.05) is 17.7 Å². The zero-order valence-electron chi connectivity index (χ0n) is 10.3. The van der Waals surface area contributed by atoms with Crippen molar-refractivity contribution in [3.05, 3.63) is 35.0 Å². The quantitative estimate of drug-likeness (QED) is 0.868. The van der Waals surface area contributed by atoms with Gasteiger partial charge in [-0.3, -0.25) is 9.18 Å². The molecule has 0 aliphatic heterocycles. The van der Waals surface area contributed by atoms with Gasteiger partial charge in [-0.15, -0.1) is 0 Å². The molecular formula is C13H15ClFNO2. The van der Waals surface area contributed by atoms with Gasteiger partial charge >= 0.3 is 5.97 Å². The van der Waals surface area contributed by atoms with Crippen molar-refractivity contribution in [1.82, 2.24) is 4.98 Å². The Hall–Kier alpha value is -1.55. The second kappa shape index (κ2) is 7.01. The number of halogens is 2. The van der Waals surface area contributed by atoms with Gasteiger partial charge in [-0.25, -0.2) is 0 Å².